The first-order valence-electron chi connectivity index (χ1n) is 7.28. The van der Waals surface area contributed by atoms with Crippen molar-refractivity contribution in [3.63, 3.8) is 0 Å². The Morgan fingerprint density at radius 2 is 1.76 bits per heavy atom. The molecule has 2 unspecified atom stereocenters. The summed E-state index contributed by atoms with van der Waals surface area (Å²) >= 11 is 0. The van der Waals surface area contributed by atoms with Crippen molar-refractivity contribution in [2.75, 3.05) is 7.05 Å². The van der Waals surface area contributed by atoms with E-state index in [0.717, 1.165) is 12.0 Å². The van der Waals surface area contributed by atoms with Crippen LogP contribution in [0.4, 0.5) is 0 Å². The second-order valence-electron chi connectivity index (χ2n) is 6.02. The minimum absolute atomic E-state index is 0.0200. The first-order valence-corrected chi connectivity index (χ1v) is 7.28. The van der Waals surface area contributed by atoms with Gasteiger partial charge in [-0.05, 0) is 23.8 Å². The van der Waals surface area contributed by atoms with Crippen molar-refractivity contribution in [2.45, 2.75) is 13.0 Å². The largest absolute Gasteiger partial charge is 0.481 e. The molecule has 110 valence electrons. The molecule has 3 rings (SSSR count). The molecule has 1 saturated carbocycles. The Morgan fingerprint density at radius 3 is 2.38 bits per heavy atom. The van der Waals surface area contributed by atoms with E-state index in [-0.39, 0.29) is 17.7 Å². The van der Waals surface area contributed by atoms with Gasteiger partial charge in [0.15, 0.2) is 0 Å². The van der Waals surface area contributed by atoms with Crippen LogP contribution in [-0.4, -0.2) is 28.9 Å². The summed E-state index contributed by atoms with van der Waals surface area (Å²) in [6, 6.07) is 9.76. The van der Waals surface area contributed by atoms with Crippen LogP contribution in [-0.2, 0) is 16.1 Å². The van der Waals surface area contributed by atoms with E-state index < -0.39 is 17.8 Å². The van der Waals surface area contributed by atoms with E-state index in [2.05, 4.69) is 0 Å². The normalized spacial score (nSPS) is 29.6. The molecule has 0 radical (unpaired) electrons. The first-order chi connectivity index (χ1) is 10.1. The fourth-order valence-corrected chi connectivity index (χ4v) is 3.69. The highest BCUT2D eigenvalue weighted by molar-refractivity contribution is 5.86. The van der Waals surface area contributed by atoms with Gasteiger partial charge in [0.25, 0.3) is 0 Å². The van der Waals surface area contributed by atoms with Gasteiger partial charge in [-0.25, -0.2) is 0 Å². The smallest absolute Gasteiger partial charge is 0.307 e. The van der Waals surface area contributed by atoms with Crippen molar-refractivity contribution < 1.29 is 14.7 Å². The van der Waals surface area contributed by atoms with Crippen LogP contribution in [0.1, 0.15) is 12.0 Å². The van der Waals surface area contributed by atoms with Gasteiger partial charge in [-0.3, -0.25) is 9.59 Å². The lowest BCUT2D eigenvalue weighted by Gasteiger charge is -2.28. The fraction of sp³-hybridized carbons (Fsp3) is 0.412. The zero-order valence-electron chi connectivity index (χ0n) is 12.0. The van der Waals surface area contributed by atoms with Crippen molar-refractivity contribution in [1.29, 1.82) is 0 Å². The van der Waals surface area contributed by atoms with Crippen LogP contribution in [0.2, 0.25) is 0 Å². The van der Waals surface area contributed by atoms with Gasteiger partial charge in [0, 0.05) is 13.6 Å². The van der Waals surface area contributed by atoms with Gasteiger partial charge in [0.1, 0.15) is 0 Å². The van der Waals surface area contributed by atoms with Gasteiger partial charge in [0.05, 0.1) is 11.8 Å². The topological polar surface area (TPSA) is 57.6 Å². The fourth-order valence-electron chi connectivity index (χ4n) is 3.69. The molecule has 1 aromatic carbocycles. The highest BCUT2D eigenvalue weighted by Gasteiger charge is 2.52. The maximum atomic E-state index is 12.7. The maximum absolute atomic E-state index is 12.7. The van der Waals surface area contributed by atoms with Crippen LogP contribution in [0.15, 0.2) is 42.5 Å². The molecule has 2 bridgehead atoms. The molecule has 21 heavy (non-hydrogen) atoms. The highest BCUT2D eigenvalue weighted by Crippen LogP contribution is 2.48. The number of carboxylic acid groups (broad SMARTS) is 1. The molecule has 4 atom stereocenters. The number of hydrogen-bond donors (Lipinski definition) is 1. The number of aliphatic carboxylic acids is 1. The summed E-state index contributed by atoms with van der Waals surface area (Å²) < 4.78 is 0. The minimum Gasteiger partial charge on any atom is -0.481 e. The van der Waals surface area contributed by atoms with Crippen LogP contribution in [0.3, 0.4) is 0 Å². The third kappa shape index (κ3) is 2.46. The SMILES string of the molecule is CN(Cc1ccccc1)C(=O)[C@H]1C2C=CC(C2)[C@H]1C(=O)O. The number of carbonyl (C=O) groups excluding carboxylic acids is 1. The lowest BCUT2D eigenvalue weighted by molar-refractivity contribution is -0.150. The Hall–Kier alpha value is -2.10. The predicted octanol–water partition coefficient (Wildman–Crippen LogP) is 2.17. The second-order valence-corrected chi connectivity index (χ2v) is 6.02. The van der Waals surface area contributed by atoms with Crippen molar-refractivity contribution in [1.82, 2.24) is 4.90 Å². The Bertz CT molecular complexity index is 581. The van der Waals surface area contributed by atoms with Gasteiger partial charge in [-0.1, -0.05) is 42.5 Å². The van der Waals surface area contributed by atoms with Gasteiger partial charge in [-0.15, -0.1) is 0 Å². The van der Waals surface area contributed by atoms with E-state index in [4.69, 9.17) is 0 Å². The van der Waals surface area contributed by atoms with Crippen molar-refractivity contribution in [2.24, 2.45) is 23.7 Å². The number of hydrogen-bond acceptors (Lipinski definition) is 2. The van der Waals surface area contributed by atoms with Crippen LogP contribution < -0.4 is 0 Å². The predicted molar refractivity (Wildman–Crippen MR) is 78.3 cm³/mol. The third-order valence-corrected chi connectivity index (χ3v) is 4.67. The molecule has 0 aromatic heterocycles. The Kier molecular flexibility index (Phi) is 3.53. The molecule has 1 amide bonds. The van der Waals surface area contributed by atoms with E-state index in [1.165, 1.54) is 0 Å². The zero-order valence-corrected chi connectivity index (χ0v) is 12.0. The Labute approximate surface area is 124 Å². The lowest BCUT2D eigenvalue weighted by Crippen LogP contribution is -2.40. The first kappa shape index (κ1) is 13.9. The molecule has 0 heterocycles. The number of amides is 1. The Morgan fingerprint density at radius 1 is 1.14 bits per heavy atom. The summed E-state index contributed by atoms with van der Waals surface area (Å²) in [5.41, 5.74) is 1.05. The standard InChI is InChI=1S/C17H19NO3/c1-18(10-11-5-3-2-4-6-11)16(19)14-12-7-8-13(9-12)15(14)17(20)21/h2-8,12-15H,9-10H2,1H3,(H,20,21)/t12?,13?,14-,15+/m0/s1. The summed E-state index contributed by atoms with van der Waals surface area (Å²) in [5.74, 6) is -1.77. The summed E-state index contributed by atoms with van der Waals surface area (Å²) in [5, 5.41) is 9.42. The number of fused-ring (bicyclic) bond motifs is 2. The van der Waals surface area contributed by atoms with Crippen molar-refractivity contribution >= 4 is 11.9 Å². The average molecular weight is 285 g/mol. The minimum atomic E-state index is -0.849. The number of nitrogens with zero attached hydrogens (tertiary/aromatic N) is 1. The molecule has 2 aliphatic carbocycles. The van der Waals surface area contributed by atoms with E-state index in [1.807, 2.05) is 42.5 Å². The maximum Gasteiger partial charge on any atom is 0.307 e. The molecule has 0 aliphatic heterocycles. The third-order valence-electron chi connectivity index (χ3n) is 4.67. The van der Waals surface area contributed by atoms with Crippen LogP contribution in [0, 0.1) is 23.7 Å². The van der Waals surface area contributed by atoms with E-state index in [9.17, 15) is 14.7 Å². The number of benzene rings is 1. The summed E-state index contributed by atoms with van der Waals surface area (Å²) in [6.07, 6.45) is 4.78. The number of allylic oxidation sites excluding steroid dienone is 2. The number of carboxylic acids is 1. The van der Waals surface area contributed by atoms with E-state index in [0.29, 0.717) is 6.54 Å². The average Bonchev–Trinajstić information content (AvgIpc) is 3.08. The number of carbonyl (C=O) groups is 2. The van der Waals surface area contributed by atoms with Crippen LogP contribution in [0.5, 0.6) is 0 Å². The van der Waals surface area contributed by atoms with Gasteiger partial charge in [0.2, 0.25) is 5.91 Å². The summed E-state index contributed by atoms with van der Waals surface area (Å²) in [7, 11) is 1.75. The van der Waals surface area contributed by atoms with Gasteiger partial charge < -0.3 is 10.0 Å². The molecule has 4 heteroatoms. The molecule has 1 fully saturated rings. The van der Waals surface area contributed by atoms with Crippen LogP contribution >= 0.6 is 0 Å². The molecule has 1 N–H and O–H groups in total. The van der Waals surface area contributed by atoms with E-state index >= 15 is 0 Å². The zero-order chi connectivity index (χ0) is 15.0. The van der Waals surface area contributed by atoms with Crippen LogP contribution in [0.25, 0.3) is 0 Å². The molecule has 1 aromatic rings. The van der Waals surface area contributed by atoms with Crippen molar-refractivity contribution in [3.8, 4) is 0 Å². The molecule has 0 spiro atoms. The number of rotatable bonds is 4. The molecule has 0 saturated heterocycles. The lowest BCUT2D eigenvalue weighted by atomic mass is 9.82. The second kappa shape index (κ2) is 5.35. The van der Waals surface area contributed by atoms with Gasteiger partial charge >= 0.3 is 5.97 Å². The van der Waals surface area contributed by atoms with E-state index in [1.54, 1.807) is 11.9 Å². The summed E-state index contributed by atoms with van der Waals surface area (Å²) in [6.45, 7) is 0.517. The highest BCUT2D eigenvalue weighted by atomic mass is 16.4. The summed E-state index contributed by atoms with van der Waals surface area (Å²) in [4.78, 5) is 25.8. The molecular formula is C17H19NO3. The molecular weight excluding hydrogens is 266 g/mol. The molecule has 2 aliphatic rings. The van der Waals surface area contributed by atoms with Gasteiger partial charge in [-0.2, -0.15) is 0 Å². The quantitative estimate of drug-likeness (QED) is 0.863. The molecule has 4 nitrogen and oxygen atoms in total. The van der Waals surface area contributed by atoms with Crippen molar-refractivity contribution in [3.05, 3.63) is 48.0 Å². The Balaban J connectivity index is 1.75. The monoisotopic (exact) mass is 285 g/mol.